The molecule has 1 aromatic carbocycles. The number of piperidine rings is 1. The van der Waals surface area contributed by atoms with Crippen molar-refractivity contribution in [3.8, 4) is 0 Å². The second-order valence-electron chi connectivity index (χ2n) is 6.82. The van der Waals surface area contributed by atoms with E-state index >= 15 is 0 Å². The summed E-state index contributed by atoms with van der Waals surface area (Å²) in [5.74, 6) is 0.919. The monoisotopic (exact) mass is 422 g/mol. The fourth-order valence-corrected chi connectivity index (χ4v) is 3.67. The van der Waals surface area contributed by atoms with E-state index in [1.54, 1.807) is 24.4 Å². The highest BCUT2D eigenvalue weighted by Gasteiger charge is 2.22. The number of pyridine rings is 1. The van der Waals surface area contributed by atoms with E-state index in [1.165, 1.54) is 6.42 Å². The Morgan fingerprint density at radius 1 is 1.21 bits per heavy atom. The highest BCUT2D eigenvalue weighted by molar-refractivity contribution is 6.42. The normalized spacial score (nSPS) is 16.7. The van der Waals surface area contributed by atoms with Gasteiger partial charge in [-0.2, -0.15) is 0 Å². The molecule has 1 atom stereocenters. The molecule has 1 saturated heterocycles. The molecule has 0 radical (unpaired) electrons. The molecular formula is C20H24Cl2N4O2. The molecule has 0 unspecified atom stereocenters. The molecular weight excluding hydrogens is 399 g/mol. The van der Waals surface area contributed by atoms with Crippen LogP contribution in [0.25, 0.3) is 0 Å². The summed E-state index contributed by atoms with van der Waals surface area (Å²) >= 11 is 11.8. The van der Waals surface area contributed by atoms with Crippen molar-refractivity contribution in [2.75, 3.05) is 23.4 Å². The summed E-state index contributed by atoms with van der Waals surface area (Å²) < 4.78 is 0. The molecule has 3 N–H and O–H groups in total. The zero-order valence-electron chi connectivity index (χ0n) is 15.5. The number of amides is 2. The van der Waals surface area contributed by atoms with Crippen molar-refractivity contribution < 1.29 is 9.90 Å². The molecule has 8 heteroatoms. The molecule has 3 rings (SSSR count). The lowest BCUT2D eigenvalue weighted by molar-refractivity contribution is 0.251. The van der Waals surface area contributed by atoms with Gasteiger partial charge in [0.1, 0.15) is 5.82 Å². The van der Waals surface area contributed by atoms with Crippen LogP contribution >= 0.6 is 23.2 Å². The molecule has 1 aliphatic rings. The fraction of sp³-hybridized carbons (Fsp3) is 0.400. The standard InChI is InChI=1S/C20H24Cl2N4O2/c21-17-6-5-15(11-18(17)22)25-20(28)24-13-14-4-7-19(23-12-14)26-9-2-1-3-16(26)8-10-27/h4-7,11-12,16,27H,1-3,8-10,13H2,(H2,24,25,28)/t16-/m1/s1. The summed E-state index contributed by atoms with van der Waals surface area (Å²) in [6.45, 7) is 1.51. The number of aliphatic hydroxyl groups is 1. The Morgan fingerprint density at radius 2 is 2.07 bits per heavy atom. The Labute approximate surface area is 174 Å². The number of carbonyl (C=O) groups is 1. The van der Waals surface area contributed by atoms with E-state index in [2.05, 4.69) is 20.5 Å². The zero-order chi connectivity index (χ0) is 19.9. The summed E-state index contributed by atoms with van der Waals surface area (Å²) in [5.41, 5.74) is 1.48. The maximum atomic E-state index is 12.1. The minimum absolute atomic E-state index is 0.192. The number of benzene rings is 1. The molecule has 0 saturated carbocycles. The number of aromatic nitrogens is 1. The van der Waals surface area contributed by atoms with Crippen LogP contribution in [-0.4, -0.2) is 35.3 Å². The van der Waals surface area contributed by atoms with Crippen molar-refractivity contribution >= 4 is 40.7 Å². The van der Waals surface area contributed by atoms with Crippen LogP contribution in [-0.2, 0) is 6.54 Å². The second kappa shape index (κ2) is 9.96. The number of hydrogen-bond acceptors (Lipinski definition) is 4. The largest absolute Gasteiger partial charge is 0.396 e. The van der Waals surface area contributed by atoms with E-state index in [0.717, 1.165) is 37.2 Å². The van der Waals surface area contributed by atoms with Gasteiger partial charge < -0.3 is 20.6 Å². The third-order valence-electron chi connectivity index (χ3n) is 4.82. The summed E-state index contributed by atoms with van der Waals surface area (Å²) in [6.07, 6.45) is 5.96. The zero-order valence-corrected chi connectivity index (χ0v) is 17.0. The van der Waals surface area contributed by atoms with Gasteiger partial charge in [-0.25, -0.2) is 9.78 Å². The van der Waals surface area contributed by atoms with Crippen LogP contribution in [0.1, 0.15) is 31.2 Å². The summed E-state index contributed by atoms with van der Waals surface area (Å²) in [4.78, 5) is 18.9. The van der Waals surface area contributed by atoms with E-state index in [0.29, 0.717) is 28.3 Å². The number of urea groups is 1. The molecule has 150 valence electrons. The van der Waals surface area contributed by atoms with E-state index in [9.17, 15) is 9.90 Å². The molecule has 2 heterocycles. The lowest BCUT2D eigenvalue weighted by Gasteiger charge is -2.36. The van der Waals surface area contributed by atoms with Crippen molar-refractivity contribution in [2.24, 2.45) is 0 Å². The minimum atomic E-state index is -0.332. The first-order valence-corrected chi connectivity index (χ1v) is 10.1. The number of hydrogen-bond donors (Lipinski definition) is 3. The van der Waals surface area contributed by atoms with E-state index in [1.807, 2.05) is 12.1 Å². The maximum absolute atomic E-state index is 12.1. The number of rotatable bonds is 6. The van der Waals surface area contributed by atoms with E-state index < -0.39 is 0 Å². The van der Waals surface area contributed by atoms with Gasteiger partial charge in [-0.3, -0.25) is 0 Å². The summed E-state index contributed by atoms with van der Waals surface area (Å²) in [6, 6.07) is 8.86. The Balaban J connectivity index is 1.53. The predicted octanol–water partition coefficient (Wildman–Crippen LogP) is 4.45. The number of halogens is 2. The lowest BCUT2D eigenvalue weighted by Crippen LogP contribution is -2.40. The minimum Gasteiger partial charge on any atom is -0.396 e. The van der Waals surface area contributed by atoms with Crippen LogP contribution < -0.4 is 15.5 Å². The molecule has 0 bridgehead atoms. The molecule has 1 fully saturated rings. The smallest absolute Gasteiger partial charge is 0.319 e. The van der Waals surface area contributed by atoms with Gasteiger partial charge in [0, 0.05) is 37.6 Å². The maximum Gasteiger partial charge on any atom is 0.319 e. The van der Waals surface area contributed by atoms with Crippen molar-refractivity contribution in [1.29, 1.82) is 0 Å². The van der Waals surface area contributed by atoms with Gasteiger partial charge in [-0.05, 0) is 55.5 Å². The first-order valence-electron chi connectivity index (χ1n) is 9.39. The number of nitrogens with one attached hydrogen (secondary N) is 2. The Kier molecular flexibility index (Phi) is 7.36. The summed E-state index contributed by atoms with van der Waals surface area (Å²) in [5, 5.41) is 15.6. The highest BCUT2D eigenvalue weighted by Crippen LogP contribution is 2.26. The molecule has 0 aliphatic carbocycles. The molecule has 1 aromatic heterocycles. The molecule has 0 spiro atoms. The Morgan fingerprint density at radius 3 is 2.79 bits per heavy atom. The van der Waals surface area contributed by atoms with Crippen LogP contribution in [0.15, 0.2) is 36.5 Å². The van der Waals surface area contributed by atoms with Crippen LogP contribution in [0.2, 0.25) is 10.0 Å². The molecule has 2 amide bonds. The summed E-state index contributed by atoms with van der Waals surface area (Å²) in [7, 11) is 0. The Hall–Kier alpha value is -2.02. The van der Waals surface area contributed by atoms with Crippen LogP contribution in [0.3, 0.4) is 0 Å². The van der Waals surface area contributed by atoms with Gasteiger partial charge in [0.2, 0.25) is 0 Å². The van der Waals surface area contributed by atoms with Crippen molar-refractivity contribution in [1.82, 2.24) is 10.3 Å². The SMILES string of the molecule is O=C(NCc1ccc(N2CCCC[C@@H]2CCO)nc1)Nc1ccc(Cl)c(Cl)c1. The van der Waals surface area contributed by atoms with Crippen LogP contribution in [0, 0.1) is 0 Å². The molecule has 2 aromatic rings. The predicted molar refractivity (Wildman–Crippen MR) is 113 cm³/mol. The van der Waals surface area contributed by atoms with E-state index in [4.69, 9.17) is 23.2 Å². The average molecular weight is 423 g/mol. The van der Waals surface area contributed by atoms with Crippen LogP contribution in [0.5, 0.6) is 0 Å². The lowest BCUT2D eigenvalue weighted by atomic mass is 9.99. The third-order valence-corrected chi connectivity index (χ3v) is 5.56. The van der Waals surface area contributed by atoms with Crippen molar-refractivity contribution in [2.45, 2.75) is 38.3 Å². The first kappa shape index (κ1) is 20.7. The van der Waals surface area contributed by atoms with Crippen molar-refractivity contribution in [3.05, 3.63) is 52.1 Å². The van der Waals surface area contributed by atoms with Crippen LogP contribution in [0.4, 0.5) is 16.3 Å². The van der Waals surface area contributed by atoms with Gasteiger partial charge in [-0.15, -0.1) is 0 Å². The first-order chi connectivity index (χ1) is 13.6. The second-order valence-corrected chi connectivity index (χ2v) is 7.63. The van der Waals surface area contributed by atoms with Gasteiger partial charge in [0.25, 0.3) is 0 Å². The number of carbonyl (C=O) groups excluding carboxylic acids is 1. The molecule has 28 heavy (non-hydrogen) atoms. The molecule has 6 nitrogen and oxygen atoms in total. The van der Waals surface area contributed by atoms with Gasteiger partial charge >= 0.3 is 6.03 Å². The topological polar surface area (TPSA) is 77.5 Å². The number of aliphatic hydroxyl groups excluding tert-OH is 1. The van der Waals surface area contributed by atoms with Gasteiger partial charge in [-0.1, -0.05) is 29.3 Å². The van der Waals surface area contributed by atoms with Gasteiger partial charge in [0.05, 0.1) is 10.0 Å². The quantitative estimate of drug-likeness (QED) is 0.642. The highest BCUT2D eigenvalue weighted by atomic mass is 35.5. The Bertz CT molecular complexity index is 799. The van der Waals surface area contributed by atoms with Gasteiger partial charge in [0.15, 0.2) is 0 Å². The fourth-order valence-electron chi connectivity index (χ4n) is 3.37. The third kappa shape index (κ3) is 5.50. The molecule has 1 aliphatic heterocycles. The van der Waals surface area contributed by atoms with E-state index in [-0.39, 0.29) is 12.6 Å². The average Bonchev–Trinajstić information content (AvgIpc) is 2.70. The van der Waals surface area contributed by atoms with Crippen molar-refractivity contribution in [3.63, 3.8) is 0 Å². The number of anilines is 2. The number of nitrogens with zero attached hydrogens (tertiary/aromatic N) is 2.